The number of anilines is 1. The van der Waals surface area contributed by atoms with Crippen molar-refractivity contribution in [2.45, 2.75) is 13.0 Å². The Labute approximate surface area is 195 Å². The number of imidazole rings is 1. The maximum absolute atomic E-state index is 13.2. The molecule has 32 heavy (non-hydrogen) atoms. The predicted molar refractivity (Wildman–Crippen MR) is 125 cm³/mol. The van der Waals surface area contributed by atoms with E-state index in [1.54, 1.807) is 36.9 Å². The second-order valence-electron chi connectivity index (χ2n) is 8.03. The summed E-state index contributed by atoms with van der Waals surface area (Å²) in [5, 5.41) is 4.20. The van der Waals surface area contributed by atoms with Gasteiger partial charge in [-0.15, -0.1) is 0 Å². The molecular weight excluding hydrogens is 455 g/mol. The number of hydrogen-bond donors (Lipinski definition) is 2. The van der Waals surface area contributed by atoms with Crippen LogP contribution in [0.4, 0.5) is 5.95 Å². The Balaban J connectivity index is 1.58. The number of hydrogen-bond acceptors (Lipinski definition) is 5. The maximum Gasteiger partial charge on any atom is 0.332 e. The standard InChI is InChI=1S/C21H26Cl2N6O3/c1-26-17-18(25-20(26)24-6-3-7-28-8-10-32-11-9-28)27(2)21(31)29(19(17)30)13-14-4-5-15(22)12-16(14)23/h4-5,12H,3,6-11,13H2,1-2H3,(H,24,25)/p+1. The number of fused-ring (bicyclic) bond motifs is 1. The molecule has 3 heterocycles. The van der Waals surface area contributed by atoms with Gasteiger partial charge in [0.15, 0.2) is 11.2 Å². The molecule has 1 fully saturated rings. The Bertz CT molecular complexity index is 1240. The Morgan fingerprint density at radius 2 is 1.91 bits per heavy atom. The topological polar surface area (TPSA) is 87.5 Å². The minimum atomic E-state index is -0.450. The van der Waals surface area contributed by atoms with Crippen molar-refractivity contribution in [3.8, 4) is 0 Å². The molecule has 0 radical (unpaired) electrons. The fourth-order valence-corrected chi connectivity index (χ4v) is 4.48. The molecule has 0 saturated carbocycles. The van der Waals surface area contributed by atoms with Crippen LogP contribution in [0.1, 0.15) is 12.0 Å². The van der Waals surface area contributed by atoms with Crippen LogP contribution in [0.3, 0.4) is 0 Å². The molecule has 172 valence electrons. The summed E-state index contributed by atoms with van der Waals surface area (Å²) in [6.45, 7) is 5.52. The lowest BCUT2D eigenvalue weighted by molar-refractivity contribution is -0.908. The zero-order valence-corrected chi connectivity index (χ0v) is 19.7. The highest BCUT2D eigenvalue weighted by molar-refractivity contribution is 6.35. The van der Waals surface area contributed by atoms with Crippen LogP contribution in [0.5, 0.6) is 0 Å². The maximum atomic E-state index is 13.2. The number of quaternary nitrogens is 1. The van der Waals surface area contributed by atoms with E-state index in [1.807, 2.05) is 0 Å². The van der Waals surface area contributed by atoms with Crippen LogP contribution in [0, 0.1) is 0 Å². The fourth-order valence-electron chi connectivity index (χ4n) is 4.01. The molecule has 0 bridgehead atoms. The van der Waals surface area contributed by atoms with Crippen LogP contribution < -0.4 is 21.5 Å². The number of rotatable bonds is 7. The Morgan fingerprint density at radius 3 is 2.62 bits per heavy atom. The average molecular weight is 482 g/mol. The van der Waals surface area contributed by atoms with Crippen LogP contribution >= 0.6 is 23.2 Å². The molecule has 9 nitrogen and oxygen atoms in total. The van der Waals surface area contributed by atoms with Crippen LogP contribution in [0.15, 0.2) is 27.8 Å². The van der Waals surface area contributed by atoms with Gasteiger partial charge in [0.05, 0.1) is 26.3 Å². The predicted octanol–water partition coefficient (Wildman–Crippen LogP) is 0.506. The van der Waals surface area contributed by atoms with E-state index in [1.165, 1.54) is 14.0 Å². The number of nitrogens with zero attached hydrogens (tertiary/aromatic N) is 4. The molecule has 0 aliphatic carbocycles. The van der Waals surface area contributed by atoms with Crippen molar-refractivity contribution in [3.63, 3.8) is 0 Å². The van der Waals surface area contributed by atoms with E-state index in [0.29, 0.717) is 32.7 Å². The van der Waals surface area contributed by atoms with Gasteiger partial charge in [-0.2, -0.15) is 4.98 Å². The highest BCUT2D eigenvalue weighted by atomic mass is 35.5. The van der Waals surface area contributed by atoms with Gasteiger partial charge in [0.2, 0.25) is 5.95 Å². The van der Waals surface area contributed by atoms with Crippen molar-refractivity contribution in [3.05, 3.63) is 54.6 Å². The van der Waals surface area contributed by atoms with Crippen LogP contribution in [-0.4, -0.2) is 58.1 Å². The van der Waals surface area contributed by atoms with Crippen molar-refractivity contribution < 1.29 is 9.64 Å². The molecule has 1 aliphatic heterocycles. The van der Waals surface area contributed by atoms with E-state index in [9.17, 15) is 9.59 Å². The summed E-state index contributed by atoms with van der Waals surface area (Å²) >= 11 is 12.2. The summed E-state index contributed by atoms with van der Waals surface area (Å²) in [5.41, 5.74) is 0.491. The van der Waals surface area contributed by atoms with Gasteiger partial charge in [-0.1, -0.05) is 29.3 Å². The monoisotopic (exact) mass is 481 g/mol. The molecule has 11 heteroatoms. The molecule has 1 aromatic carbocycles. The SMILES string of the molecule is Cn1c(NCCC[NH+]2CCOCC2)nc2c1c(=O)n(Cc1ccc(Cl)cc1Cl)c(=O)n2C. The van der Waals surface area contributed by atoms with Gasteiger partial charge >= 0.3 is 5.69 Å². The van der Waals surface area contributed by atoms with E-state index in [2.05, 4.69) is 10.3 Å². The summed E-state index contributed by atoms with van der Waals surface area (Å²) in [6.07, 6.45) is 0.969. The normalized spacial score (nSPS) is 14.9. The number of nitrogens with one attached hydrogen (secondary N) is 2. The lowest BCUT2D eigenvalue weighted by atomic mass is 10.2. The van der Waals surface area contributed by atoms with Gasteiger partial charge < -0.3 is 19.5 Å². The van der Waals surface area contributed by atoms with Gasteiger partial charge in [-0.05, 0) is 17.7 Å². The molecule has 0 amide bonds. The zero-order valence-electron chi connectivity index (χ0n) is 18.2. The van der Waals surface area contributed by atoms with Gasteiger partial charge in [0, 0.05) is 37.1 Å². The number of ether oxygens (including phenoxy) is 1. The van der Waals surface area contributed by atoms with E-state index < -0.39 is 11.2 Å². The second kappa shape index (κ2) is 9.66. The summed E-state index contributed by atoms with van der Waals surface area (Å²) in [6, 6.07) is 4.99. The van der Waals surface area contributed by atoms with Crippen molar-refractivity contribution in [2.75, 3.05) is 44.7 Å². The summed E-state index contributed by atoms with van der Waals surface area (Å²) in [5.74, 6) is 0.561. The first-order chi connectivity index (χ1) is 15.4. The smallest absolute Gasteiger partial charge is 0.332 e. The van der Waals surface area contributed by atoms with Gasteiger partial charge in [-0.3, -0.25) is 13.9 Å². The molecular formula is C21H27Cl2N6O3+. The second-order valence-corrected chi connectivity index (χ2v) is 8.87. The average Bonchev–Trinajstić information content (AvgIpc) is 3.11. The first-order valence-electron chi connectivity index (χ1n) is 10.6. The third-order valence-corrected chi connectivity index (χ3v) is 6.48. The number of morpholine rings is 1. The molecule has 4 rings (SSSR count). The summed E-state index contributed by atoms with van der Waals surface area (Å²) in [4.78, 5) is 32.2. The first kappa shape index (κ1) is 22.8. The van der Waals surface area contributed by atoms with Crippen molar-refractivity contribution in [2.24, 2.45) is 14.1 Å². The van der Waals surface area contributed by atoms with Crippen LogP contribution in [-0.2, 0) is 25.4 Å². The van der Waals surface area contributed by atoms with E-state index >= 15 is 0 Å². The molecule has 0 unspecified atom stereocenters. The lowest BCUT2D eigenvalue weighted by Crippen LogP contribution is -3.14. The Hall–Kier alpha value is -2.33. The van der Waals surface area contributed by atoms with Crippen molar-refractivity contribution >= 4 is 40.3 Å². The minimum absolute atomic E-state index is 0.0493. The lowest BCUT2D eigenvalue weighted by Gasteiger charge is -2.23. The zero-order chi connectivity index (χ0) is 22.8. The molecule has 0 spiro atoms. The van der Waals surface area contributed by atoms with Crippen molar-refractivity contribution in [1.82, 2.24) is 18.7 Å². The minimum Gasteiger partial charge on any atom is -0.370 e. The van der Waals surface area contributed by atoms with Gasteiger partial charge in [-0.25, -0.2) is 4.79 Å². The third-order valence-electron chi connectivity index (χ3n) is 5.89. The van der Waals surface area contributed by atoms with Crippen LogP contribution in [0.25, 0.3) is 11.2 Å². The summed E-state index contributed by atoms with van der Waals surface area (Å²) in [7, 11) is 3.39. The number of aryl methyl sites for hydroxylation is 2. The largest absolute Gasteiger partial charge is 0.370 e. The third kappa shape index (κ3) is 4.56. The quantitative estimate of drug-likeness (QED) is 0.480. The number of aromatic nitrogens is 4. The fraction of sp³-hybridized carbons (Fsp3) is 0.476. The highest BCUT2D eigenvalue weighted by Gasteiger charge is 2.19. The van der Waals surface area contributed by atoms with E-state index in [4.69, 9.17) is 27.9 Å². The molecule has 3 aromatic rings. The molecule has 1 aliphatic rings. The van der Waals surface area contributed by atoms with Crippen LogP contribution in [0.2, 0.25) is 10.0 Å². The van der Waals surface area contributed by atoms with Crippen molar-refractivity contribution in [1.29, 1.82) is 0 Å². The van der Waals surface area contributed by atoms with Gasteiger partial charge in [0.1, 0.15) is 13.1 Å². The van der Waals surface area contributed by atoms with E-state index in [0.717, 1.165) is 45.8 Å². The van der Waals surface area contributed by atoms with Gasteiger partial charge in [0.25, 0.3) is 5.56 Å². The molecule has 1 saturated heterocycles. The molecule has 0 atom stereocenters. The summed E-state index contributed by atoms with van der Waals surface area (Å²) < 4.78 is 9.66. The molecule has 2 N–H and O–H groups in total. The number of halogens is 2. The Morgan fingerprint density at radius 1 is 1.16 bits per heavy atom. The Kier molecular flexibility index (Phi) is 6.90. The van der Waals surface area contributed by atoms with E-state index in [-0.39, 0.29) is 6.54 Å². The number of benzene rings is 1. The highest BCUT2D eigenvalue weighted by Crippen LogP contribution is 2.21. The first-order valence-corrected chi connectivity index (χ1v) is 11.4. The molecule has 2 aromatic heterocycles.